The van der Waals surface area contributed by atoms with Gasteiger partial charge >= 0.3 is 5.82 Å². The minimum Gasteiger partial charge on any atom is -0.500 e. The molecule has 0 aliphatic rings. The number of hydrogen-bond acceptors (Lipinski definition) is 9. The lowest BCUT2D eigenvalue weighted by molar-refractivity contribution is -0.390. The van der Waals surface area contributed by atoms with Crippen LogP contribution < -0.4 is 10.5 Å². The highest BCUT2D eigenvalue weighted by atomic mass is 79.9. The molecule has 0 aliphatic heterocycles. The standard InChI is InChI=1S/C10H13N5O.C6H5BrN2O3/c1-6-4-7(8-5-12-15(2)14-8)9(16-3)10(11)13-6;1-3-2-4(7)5(10)6(8-3)9(11)12/h4-5H,1-3H3,(H2,11,13);2,10H,1H3. The molecule has 148 valence electrons. The summed E-state index contributed by atoms with van der Waals surface area (Å²) in [6.45, 7) is 3.48. The van der Waals surface area contributed by atoms with Crippen molar-refractivity contribution in [2.45, 2.75) is 13.8 Å². The number of ether oxygens (including phenoxy) is 1. The topological polar surface area (TPSA) is 155 Å². The average Bonchev–Trinajstić information content (AvgIpc) is 3.04. The zero-order chi connectivity index (χ0) is 21.0. The Kier molecular flexibility index (Phi) is 6.46. The van der Waals surface area contributed by atoms with Gasteiger partial charge in [-0.25, -0.2) is 4.98 Å². The van der Waals surface area contributed by atoms with Gasteiger partial charge in [0.15, 0.2) is 17.3 Å². The Hall–Kier alpha value is -3.28. The van der Waals surface area contributed by atoms with Gasteiger partial charge < -0.3 is 25.7 Å². The molecular weight excluding hydrogens is 434 g/mol. The summed E-state index contributed by atoms with van der Waals surface area (Å²) in [5.74, 6) is -0.0678. The van der Waals surface area contributed by atoms with Crippen LogP contribution in [0.15, 0.2) is 22.8 Å². The third-order valence-corrected chi connectivity index (χ3v) is 4.04. The van der Waals surface area contributed by atoms with Crippen molar-refractivity contribution >= 4 is 27.6 Å². The normalized spacial score (nSPS) is 10.2. The molecule has 0 aliphatic carbocycles. The molecule has 0 spiro atoms. The molecule has 0 radical (unpaired) electrons. The second kappa shape index (κ2) is 8.61. The fourth-order valence-electron chi connectivity index (χ4n) is 2.30. The van der Waals surface area contributed by atoms with Gasteiger partial charge in [0.1, 0.15) is 5.69 Å². The Morgan fingerprint density at radius 3 is 2.46 bits per heavy atom. The molecule has 0 amide bonds. The summed E-state index contributed by atoms with van der Waals surface area (Å²) in [5.41, 5.74) is 8.61. The molecule has 0 bridgehead atoms. The van der Waals surface area contributed by atoms with Crippen LogP contribution in [0.3, 0.4) is 0 Å². The third kappa shape index (κ3) is 4.71. The molecule has 28 heavy (non-hydrogen) atoms. The first kappa shape index (κ1) is 21.0. The Morgan fingerprint density at radius 1 is 1.29 bits per heavy atom. The Bertz CT molecular complexity index is 1020. The van der Waals surface area contributed by atoms with E-state index in [-0.39, 0.29) is 4.47 Å². The lowest BCUT2D eigenvalue weighted by Crippen LogP contribution is -2.00. The zero-order valence-corrected chi connectivity index (χ0v) is 17.1. The molecule has 0 fully saturated rings. The Balaban J connectivity index is 0.000000209. The molecule has 0 atom stereocenters. The number of nitro groups is 1. The van der Waals surface area contributed by atoms with Gasteiger partial charge in [0.05, 0.1) is 23.3 Å². The quantitative estimate of drug-likeness (QED) is 0.450. The van der Waals surface area contributed by atoms with Crippen LogP contribution in [0.1, 0.15) is 11.4 Å². The highest BCUT2D eigenvalue weighted by Crippen LogP contribution is 2.33. The van der Waals surface area contributed by atoms with E-state index in [0.717, 1.165) is 17.0 Å². The van der Waals surface area contributed by atoms with Gasteiger partial charge in [0, 0.05) is 25.7 Å². The molecule has 3 rings (SSSR count). The number of anilines is 1. The van der Waals surface area contributed by atoms with E-state index in [0.29, 0.717) is 17.3 Å². The summed E-state index contributed by atoms with van der Waals surface area (Å²) >= 11 is 2.97. The summed E-state index contributed by atoms with van der Waals surface area (Å²) in [4.78, 5) is 18.7. The van der Waals surface area contributed by atoms with E-state index in [4.69, 9.17) is 15.6 Å². The van der Waals surface area contributed by atoms with Crippen molar-refractivity contribution in [2.24, 2.45) is 7.05 Å². The van der Waals surface area contributed by atoms with Crippen molar-refractivity contribution in [3.63, 3.8) is 0 Å². The fraction of sp³-hybridized carbons (Fsp3) is 0.250. The van der Waals surface area contributed by atoms with Crippen molar-refractivity contribution in [3.05, 3.63) is 44.3 Å². The third-order valence-electron chi connectivity index (χ3n) is 3.44. The highest BCUT2D eigenvalue weighted by molar-refractivity contribution is 9.10. The molecule has 12 heteroatoms. The first-order valence-corrected chi connectivity index (χ1v) is 8.61. The van der Waals surface area contributed by atoms with E-state index in [1.54, 1.807) is 27.3 Å². The molecule has 0 unspecified atom stereocenters. The molecule has 11 nitrogen and oxygen atoms in total. The van der Waals surface area contributed by atoms with Gasteiger partial charge in [-0.05, 0) is 38.8 Å². The highest BCUT2D eigenvalue weighted by Gasteiger charge is 2.19. The maximum absolute atomic E-state index is 10.3. The number of halogens is 1. The molecule has 3 N–H and O–H groups in total. The number of rotatable bonds is 3. The van der Waals surface area contributed by atoms with Gasteiger partial charge in [-0.2, -0.15) is 15.0 Å². The maximum Gasteiger partial charge on any atom is 0.407 e. The van der Waals surface area contributed by atoms with Gasteiger partial charge in [-0.15, -0.1) is 0 Å². The monoisotopic (exact) mass is 451 g/mol. The summed E-state index contributed by atoms with van der Waals surface area (Å²) in [5, 5.41) is 27.7. The van der Waals surface area contributed by atoms with E-state index in [1.807, 2.05) is 13.0 Å². The lowest BCUT2D eigenvalue weighted by Gasteiger charge is -2.09. The van der Waals surface area contributed by atoms with E-state index in [9.17, 15) is 10.1 Å². The number of aromatic nitrogens is 5. The summed E-state index contributed by atoms with van der Waals surface area (Å²) in [7, 11) is 3.32. The van der Waals surface area contributed by atoms with Crippen LogP contribution in [-0.4, -0.2) is 42.1 Å². The molecule has 3 heterocycles. The number of pyridine rings is 2. The average molecular weight is 452 g/mol. The van der Waals surface area contributed by atoms with Crippen LogP contribution in [0.25, 0.3) is 11.3 Å². The van der Waals surface area contributed by atoms with Gasteiger partial charge in [0.2, 0.25) is 5.75 Å². The van der Waals surface area contributed by atoms with Crippen LogP contribution in [0.5, 0.6) is 11.5 Å². The fourth-order valence-corrected chi connectivity index (χ4v) is 2.81. The number of nitrogen functional groups attached to an aromatic ring is 1. The summed E-state index contributed by atoms with van der Waals surface area (Å²) < 4.78 is 5.51. The summed E-state index contributed by atoms with van der Waals surface area (Å²) in [6, 6.07) is 3.38. The van der Waals surface area contributed by atoms with Crippen molar-refractivity contribution in [1.82, 2.24) is 25.0 Å². The van der Waals surface area contributed by atoms with Crippen molar-refractivity contribution < 1.29 is 14.8 Å². The van der Waals surface area contributed by atoms with Crippen molar-refractivity contribution in [1.29, 1.82) is 0 Å². The van der Waals surface area contributed by atoms with E-state index >= 15 is 0 Å². The minimum atomic E-state index is -0.729. The predicted octanol–water partition coefficient (Wildman–Crippen LogP) is 2.54. The molecule has 3 aromatic heterocycles. The smallest absolute Gasteiger partial charge is 0.407 e. The van der Waals surface area contributed by atoms with E-state index < -0.39 is 16.5 Å². The number of nitrogens with zero attached hydrogens (tertiary/aromatic N) is 6. The van der Waals surface area contributed by atoms with Gasteiger partial charge in [-0.1, -0.05) is 0 Å². The van der Waals surface area contributed by atoms with Crippen molar-refractivity contribution in [3.8, 4) is 22.8 Å². The molecule has 0 saturated carbocycles. The largest absolute Gasteiger partial charge is 0.500 e. The van der Waals surface area contributed by atoms with Crippen molar-refractivity contribution in [2.75, 3.05) is 12.8 Å². The van der Waals surface area contributed by atoms with Crippen LogP contribution in [-0.2, 0) is 7.05 Å². The van der Waals surface area contributed by atoms with Gasteiger partial charge in [-0.3, -0.25) is 0 Å². The van der Waals surface area contributed by atoms with Crippen LogP contribution >= 0.6 is 15.9 Å². The van der Waals surface area contributed by atoms with E-state index in [1.165, 1.54) is 10.9 Å². The number of nitrogens with two attached hydrogens (primary N) is 1. The van der Waals surface area contributed by atoms with Crippen LogP contribution in [0, 0.1) is 24.0 Å². The van der Waals surface area contributed by atoms with Crippen LogP contribution in [0.4, 0.5) is 11.6 Å². The number of methoxy groups -OCH3 is 1. The van der Waals surface area contributed by atoms with Gasteiger partial charge in [0.25, 0.3) is 0 Å². The Morgan fingerprint density at radius 2 is 1.93 bits per heavy atom. The first-order valence-electron chi connectivity index (χ1n) is 7.82. The summed E-state index contributed by atoms with van der Waals surface area (Å²) in [6.07, 6.45) is 1.66. The number of hydrogen-bond donors (Lipinski definition) is 2. The van der Waals surface area contributed by atoms with Crippen LogP contribution in [0.2, 0.25) is 0 Å². The SMILES string of the molecule is COc1c(-c2cnn(C)n2)cc(C)nc1N.Cc1cc(Br)c(O)c([N+](=O)[O-])n1. The molecular formula is C16H18BrN7O4. The Labute approximate surface area is 168 Å². The zero-order valence-electron chi connectivity index (χ0n) is 15.5. The van der Waals surface area contributed by atoms with E-state index in [2.05, 4.69) is 36.1 Å². The maximum atomic E-state index is 10.3. The predicted molar refractivity (Wildman–Crippen MR) is 105 cm³/mol. The lowest BCUT2D eigenvalue weighted by atomic mass is 10.1. The second-order valence-corrected chi connectivity index (χ2v) is 6.48. The minimum absolute atomic E-state index is 0.279. The number of aromatic hydroxyl groups is 1. The second-order valence-electron chi connectivity index (χ2n) is 5.62. The number of aryl methyl sites for hydroxylation is 3. The first-order chi connectivity index (χ1) is 13.1. The molecule has 3 aromatic rings. The molecule has 0 aromatic carbocycles. The molecule has 0 saturated heterocycles.